The lowest BCUT2D eigenvalue weighted by Crippen LogP contribution is -2.21. The van der Waals surface area contributed by atoms with Gasteiger partial charge < -0.3 is 10.4 Å². The Morgan fingerprint density at radius 1 is 1.71 bits per heavy atom. The van der Waals surface area contributed by atoms with Gasteiger partial charge in [0.05, 0.1) is 6.42 Å². The van der Waals surface area contributed by atoms with Crippen LogP contribution in [0.1, 0.15) is 24.9 Å². The Balaban J connectivity index is 2.36. The summed E-state index contributed by atoms with van der Waals surface area (Å²) in [6, 6.07) is 3.97. The minimum absolute atomic E-state index is 0.142. The molecular formula is C10H14N2O2. The van der Waals surface area contributed by atoms with Gasteiger partial charge in [0.1, 0.15) is 0 Å². The van der Waals surface area contributed by atoms with E-state index < -0.39 is 5.97 Å². The summed E-state index contributed by atoms with van der Waals surface area (Å²) in [5.41, 5.74) is 1.07. The maximum Gasteiger partial charge on any atom is 0.304 e. The Bertz CT molecular complexity index is 287. The molecule has 0 aliphatic heterocycles. The van der Waals surface area contributed by atoms with E-state index in [1.807, 2.05) is 19.1 Å². The van der Waals surface area contributed by atoms with E-state index in [1.54, 1.807) is 12.4 Å². The Morgan fingerprint density at radius 3 is 3.07 bits per heavy atom. The van der Waals surface area contributed by atoms with Crippen molar-refractivity contribution >= 4 is 5.97 Å². The highest BCUT2D eigenvalue weighted by Gasteiger charge is 2.04. The third-order valence-corrected chi connectivity index (χ3v) is 1.97. The van der Waals surface area contributed by atoms with Crippen LogP contribution in [0.4, 0.5) is 0 Å². The first-order valence-corrected chi connectivity index (χ1v) is 4.55. The van der Waals surface area contributed by atoms with Crippen molar-refractivity contribution < 1.29 is 9.90 Å². The lowest BCUT2D eigenvalue weighted by molar-refractivity contribution is -0.136. The highest BCUT2D eigenvalue weighted by Crippen LogP contribution is 2.08. The van der Waals surface area contributed by atoms with Crippen LogP contribution in [0, 0.1) is 0 Å². The quantitative estimate of drug-likeness (QED) is 0.739. The number of hydrogen-bond donors (Lipinski definition) is 2. The van der Waals surface area contributed by atoms with Crippen LogP contribution in [0.5, 0.6) is 0 Å². The number of hydrogen-bond acceptors (Lipinski definition) is 3. The van der Waals surface area contributed by atoms with Crippen molar-refractivity contribution in [3.05, 3.63) is 30.1 Å². The molecule has 0 saturated carbocycles. The molecule has 0 bridgehead atoms. The van der Waals surface area contributed by atoms with Crippen molar-refractivity contribution in [2.45, 2.75) is 19.4 Å². The minimum Gasteiger partial charge on any atom is -0.481 e. The smallest absolute Gasteiger partial charge is 0.304 e. The number of carbonyl (C=O) groups is 1. The molecule has 0 fully saturated rings. The first kappa shape index (κ1) is 10.7. The molecule has 4 nitrogen and oxygen atoms in total. The Labute approximate surface area is 83.0 Å². The summed E-state index contributed by atoms with van der Waals surface area (Å²) in [7, 11) is 0. The van der Waals surface area contributed by atoms with Gasteiger partial charge in [-0.05, 0) is 18.6 Å². The van der Waals surface area contributed by atoms with Gasteiger partial charge in [-0.3, -0.25) is 9.78 Å². The molecule has 1 rings (SSSR count). The largest absolute Gasteiger partial charge is 0.481 e. The number of carboxylic acid groups (broad SMARTS) is 1. The molecule has 1 aromatic heterocycles. The van der Waals surface area contributed by atoms with Gasteiger partial charge in [0.2, 0.25) is 0 Å². The zero-order valence-electron chi connectivity index (χ0n) is 8.10. The summed E-state index contributed by atoms with van der Waals surface area (Å²) >= 11 is 0. The van der Waals surface area contributed by atoms with Crippen molar-refractivity contribution in [3.63, 3.8) is 0 Å². The van der Waals surface area contributed by atoms with Crippen LogP contribution in [0.2, 0.25) is 0 Å². The second-order valence-electron chi connectivity index (χ2n) is 3.11. The zero-order chi connectivity index (χ0) is 10.4. The molecule has 0 amide bonds. The maximum absolute atomic E-state index is 10.3. The average molecular weight is 194 g/mol. The van der Waals surface area contributed by atoms with Crippen molar-refractivity contribution in [1.82, 2.24) is 10.3 Å². The first-order chi connectivity index (χ1) is 6.70. The minimum atomic E-state index is -0.782. The number of aromatic nitrogens is 1. The predicted molar refractivity (Wildman–Crippen MR) is 52.9 cm³/mol. The van der Waals surface area contributed by atoms with E-state index in [-0.39, 0.29) is 12.5 Å². The summed E-state index contributed by atoms with van der Waals surface area (Å²) in [4.78, 5) is 14.3. The summed E-state index contributed by atoms with van der Waals surface area (Å²) in [5, 5.41) is 11.6. The summed E-state index contributed by atoms with van der Waals surface area (Å²) in [5.74, 6) is -0.782. The number of rotatable bonds is 5. The Kier molecular flexibility index (Phi) is 4.07. The maximum atomic E-state index is 10.3. The van der Waals surface area contributed by atoms with E-state index in [4.69, 9.17) is 5.11 Å². The second kappa shape index (κ2) is 5.34. The van der Waals surface area contributed by atoms with Crippen molar-refractivity contribution in [3.8, 4) is 0 Å². The van der Waals surface area contributed by atoms with E-state index in [0.29, 0.717) is 6.54 Å². The third-order valence-electron chi connectivity index (χ3n) is 1.97. The topological polar surface area (TPSA) is 62.2 Å². The van der Waals surface area contributed by atoms with E-state index in [2.05, 4.69) is 10.3 Å². The molecule has 0 aliphatic rings. The van der Waals surface area contributed by atoms with Gasteiger partial charge in [-0.2, -0.15) is 0 Å². The van der Waals surface area contributed by atoms with Crippen LogP contribution < -0.4 is 5.32 Å². The number of carboxylic acids is 1. The van der Waals surface area contributed by atoms with Crippen LogP contribution in [-0.2, 0) is 4.79 Å². The van der Waals surface area contributed by atoms with Crippen molar-refractivity contribution in [1.29, 1.82) is 0 Å². The van der Waals surface area contributed by atoms with Crippen molar-refractivity contribution in [2.75, 3.05) is 6.54 Å². The van der Waals surface area contributed by atoms with Gasteiger partial charge in [-0.15, -0.1) is 0 Å². The van der Waals surface area contributed by atoms with E-state index in [1.165, 1.54) is 0 Å². The lowest BCUT2D eigenvalue weighted by atomic mass is 10.1. The summed E-state index contributed by atoms with van der Waals surface area (Å²) in [6.07, 6.45) is 3.64. The number of pyridine rings is 1. The van der Waals surface area contributed by atoms with Crippen LogP contribution >= 0.6 is 0 Å². The number of nitrogens with one attached hydrogen (secondary N) is 1. The number of nitrogens with zero attached hydrogens (tertiary/aromatic N) is 1. The normalized spacial score (nSPS) is 12.4. The van der Waals surface area contributed by atoms with E-state index in [0.717, 1.165) is 5.56 Å². The number of aliphatic carboxylic acids is 1. The summed E-state index contributed by atoms with van der Waals surface area (Å²) < 4.78 is 0. The molecule has 0 aliphatic carbocycles. The van der Waals surface area contributed by atoms with Crippen molar-refractivity contribution in [2.24, 2.45) is 0 Å². The molecule has 0 unspecified atom stereocenters. The van der Waals surface area contributed by atoms with Gasteiger partial charge >= 0.3 is 5.97 Å². The van der Waals surface area contributed by atoms with Crippen LogP contribution in [0.3, 0.4) is 0 Å². The standard InChI is InChI=1S/C10H14N2O2/c1-8(12-6-4-10(13)14)9-3-2-5-11-7-9/h2-3,5,7-8,12H,4,6H2,1H3,(H,13,14)/t8-/m1/s1. The van der Waals surface area contributed by atoms with Crippen LogP contribution in [0.15, 0.2) is 24.5 Å². The predicted octanol–water partition coefficient (Wildman–Crippen LogP) is 1.21. The molecule has 4 heteroatoms. The lowest BCUT2D eigenvalue weighted by Gasteiger charge is -2.12. The summed E-state index contributed by atoms with van der Waals surface area (Å²) in [6.45, 7) is 2.46. The second-order valence-corrected chi connectivity index (χ2v) is 3.11. The molecule has 0 saturated heterocycles. The van der Waals surface area contributed by atoms with Crippen LogP contribution in [0.25, 0.3) is 0 Å². The molecule has 0 aromatic carbocycles. The molecule has 0 spiro atoms. The molecule has 14 heavy (non-hydrogen) atoms. The van der Waals surface area contributed by atoms with E-state index in [9.17, 15) is 4.79 Å². The zero-order valence-corrected chi connectivity index (χ0v) is 8.10. The Morgan fingerprint density at radius 2 is 2.50 bits per heavy atom. The van der Waals surface area contributed by atoms with E-state index >= 15 is 0 Å². The van der Waals surface area contributed by atoms with Gasteiger partial charge in [0.25, 0.3) is 0 Å². The first-order valence-electron chi connectivity index (χ1n) is 4.55. The molecule has 1 aromatic rings. The SMILES string of the molecule is C[C@@H](NCCC(=O)O)c1cccnc1. The molecule has 2 N–H and O–H groups in total. The van der Waals surface area contributed by atoms with Crippen LogP contribution in [-0.4, -0.2) is 22.6 Å². The third kappa shape index (κ3) is 3.53. The molecule has 76 valence electrons. The van der Waals surface area contributed by atoms with Gasteiger partial charge in [-0.1, -0.05) is 6.07 Å². The fraction of sp³-hybridized carbons (Fsp3) is 0.400. The van der Waals surface area contributed by atoms with Gasteiger partial charge in [0.15, 0.2) is 0 Å². The molecule has 1 atom stereocenters. The monoisotopic (exact) mass is 194 g/mol. The molecule has 1 heterocycles. The molecule has 0 radical (unpaired) electrons. The fourth-order valence-corrected chi connectivity index (χ4v) is 1.15. The average Bonchev–Trinajstić information content (AvgIpc) is 2.18. The Hall–Kier alpha value is -1.42. The molecular weight excluding hydrogens is 180 g/mol. The fourth-order valence-electron chi connectivity index (χ4n) is 1.15. The van der Waals surface area contributed by atoms with Gasteiger partial charge in [-0.25, -0.2) is 0 Å². The highest BCUT2D eigenvalue weighted by molar-refractivity contribution is 5.66. The highest BCUT2D eigenvalue weighted by atomic mass is 16.4. The van der Waals surface area contributed by atoms with Gasteiger partial charge in [0, 0.05) is 25.0 Å².